The first-order chi connectivity index (χ1) is 7.15. The Labute approximate surface area is 106 Å². The first-order valence-electron chi connectivity index (χ1n) is 5.31. The minimum Gasteiger partial charge on any atom is -0.338 e. The summed E-state index contributed by atoms with van der Waals surface area (Å²) in [6.07, 6.45) is 6.30. The third-order valence-corrected chi connectivity index (χ3v) is 3.99. The highest BCUT2D eigenvalue weighted by molar-refractivity contribution is 7.98. The van der Waals surface area contributed by atoms with Crippen molar-refractivity contribution in [1.82, 2.24) is 10.1 Å². The monoisotopic (exact) mass is 263 g/mol. The summed E-state index contributed by atoms with van der Waals surface area (Å²) in [7, 11) is 0. The van der Waals surface area contributed by atoms with E-state index in [-0.39, 0.29) is 23.2 Å². The lowest BCUT2D eigenvalue weighted by atomic mass is 9.99. The highest BCUT2D eigenvalue weighted by atomic mass is 35.5. The fourth-order valence-corrected chi connectivity index (χ4v) is 2.23. The van der Waals surface area contributed by atoms with Gasteiger partial charge in [-0.15, -0.1) is 12.4 Å². The lowest BCUT2D eigenvalue weighted by Crippen LogP contribution is -2.34. The largest absolute Gasteiger partial charge is 0.338 e. The quantitative estimate of drug-likeness (QED) is 0.908. The molecule has 4 nitrogen and oxygen atoms in total. The third kappa shape index (κ3) is 2.52. The van der Waals surface area contributed by atoms with Crippen molar-refractivity contribution in [2.75, 3.05) is 6.26 Å². The number of hydrogen-bond donors (Lipinski definition) is 1. The molecule has 1 atom stereocenters. The maximum Gasteiger partial charge on any atom is 0.239 e. The predicted octanol–water partition coefficient (Wildman–Crippen LogP) is 2.64. The first-order valence-corrected chi connectivity index (χ1v) is 6.60. The van der Waals surface area contributed by atoms with Gasteiger partial charge in [-0.3, -0.25) is 0 Å². The van der Waals surface area contributed by atoms with E-state index in [0.717, 1.165) is 12.8 Å². The van der Waals surface area contributed by atoms with Crippen LogP contribution >= 0.6 is 24.2 Å². The summed E-state index contributed by atoms with van der Waals surface area (Å²) in [6, 6.07) is 0. The van der Waals surface area contributed by atoms with Gasteiger partial charge in [0.1, 0.15) is 0 Å². The zero-order valence-corrected chi connectivity index (χ0v) is 11.2. The summed E-state index contributed by atoms with van der Waals surface area (Å²) in [5.74, 6) is 1.38. The number of nitrogens with zero attached hydrogens (tertiary/aromatic N) is 2. The van der Waals surface area contributed by atoms with Crippen LogP contribution in [-0.4, -0.2) is 16.4 Å². The minimum atomic E-state index is -0.333. The van der Waals surface area contributed by atoms with Crippen LogP contribution in [0.15, 0.2) is 4.52 Å². The van der Waals surface area contributed by atoms with Gasteiger partial charge in [-0.05, 0) is 26.0 Å². The number of halogens is 1. The number of aromatic nitrogens is 2. The molecule has 0 bridgehead atoms. The number of nitrogens with two attached hydrogens (primary N) is 1. The van der Waals surface area contributed by atoms with Crippen molar-refractivity contribution in [3.63, 3.8) is 0 Å². The zero-order chi connectivity index (χ0) is 10.9. The fourth-order valence-electron chi connectivity index (χ4n) is 1.93. The first kappa shape index (κ1) is 13.8. The van der Waals surface area contributed by atoms with Crippen LogP contribution in [-0.2, 0) is 5.54 Å². The molecule has 1 saturated carbocycles. The maximum atomic E-state index is 6.24. The Morgan fingerprint density at radius 2 is 2.06 bits per heavy atom. The van der Waals surface area contributed by atoms with Gasteiger partial charge in [-0.25, -0.2) is 0 Å². The molecule has 0 amide bonds. The normalized spacial score (nSPS) is 20.4. The van der Waals surface area contributed by atoms with Crippen LogP contribution in [0.1, 0.15) is 49.6 Å². The van der Waals surface area contributed by atoms with Gasteiger partial charge >= 0.3 is 0 Å². The minimum absolute atomic E-state index is 0. The molecule has 1 heterocycles. The van der Waals surface area contributed by atoms with Crippen LogP contribution in [0.25, 0.3) is 0 Å². The van der Waals surface area contributed by atoms with Gasteiger partial charge in [0.05, 0.1) is 10.8 Å². The SMILES string of the molecule is CSC(C)c1nc(C2(N)CCCC2)no1.Cl. The summed E-state index contributed by atoms with van der Waals surface area (Å²) >= 11 is 1.70. The van der Waals surface area contributed by atoms with E-state index in [1.807, 2.05) is 6.26 Å². The van der Waals surface area contributed by atoms with Crippen molar-refractivity contribution in [1.29, 1.82) is 0 Å². The highest BCUT2D eigenvalue weighted by Gasteiger charge is 2.36. The average Bonchev–Trinajstić information content (AvgIpc) is 2.85. The van der Waals surface area contributed by atoms with Gasteiger partial charge < -0.3 is 10.3 Å². The molecule has 0 spiro atoms. The molecule has 0 aromatic carbocycles. The predicted molar refractivity (Wildman–Crippen MR) is 67.8 cm³/mol. The van der Waals surface area contributed by atoms with E-state index in [9.17, 15) is 0 Å². The molecule has 0 aliphatic heterocycles. The second-order valence-electron chi connectivity index (χ2n) is 4.20. The Hall–Kier alpha value is -0.260. The van der Waals surface area contributed by atoms with E-state index in [2.05, 4.69) is 17.1 Å². The van der Waals surface area contributed by atoms with Crippen LogP contribution in [0.4, 0.5) is 0 Å². The molecular formula is C10H18ClN3OS. The molecule has 1 aliphatic carbocycles. The van der Waals surface area contributed by atoms with Gasteiger partial charge in [-0.1, -0.05) is 18.0 Å². The van der Waals surface area contributed by atoms with Crippen molar-refractivity contribution >= 4 is 24.2 Å². The lowest BCUT2D eigenvalue weighted by molar-refractivity contribution is 0.349. The Kier molecular flexibility index (Phi) is 4.64. The lowest BCUT2D eigenvalue weighted by Gasteiger charge is -2.17. The molecule has 0 radical (unpaired) electrons. The van der Waals surface area contributed by atoms with Crippen LogP contribution in [0.3, 0.4) is 0 Å². The average molecular weight is 264 g/mol. The van der Waals surface area contributed by atoms with E-state index in [1.165, 1.54) is 12.8 Å². The smallest absolute Gasteiger partial charge is 0.239 e. The Balaban J connectivity index is 0.00000128. The van der Waals surface area contributed by atoms with Crippen molar-refractivity contribution in [3.8, 4) is 0 Å². The summed E-state index contributed by atoms with van der Waals surface area (Å²) in [5.41, 5.74) is 5.91. The standard InChI is InChI=1S/C10H17N3OS.ClH/c1-7(15-2)8-12-9(13-14-8)10(11)5-3-4-6-10;/h7H,3-6,11H2,1-2H3;1H. The molecule has 6 heteroatoms. The van der Waals surface area contributed by atoms with Crippen molar-refractivity contribution < 1.29 is 4.52 Å². The second kappa shape index (κ2) is 5.38. The van der Waals surface area contributed by atoms with Crippen LogP contribution in [0.2, 0.25) is 0 Å². The third-order valence-electron chi connectivity index (χ3n) is 3.08. The molecule has 1 aromatic heterocycles. The molecular weight excluding hydrogens is 246 g/mol. The Morgan fingerprint density at radius 3 is 2.62 bits per heavy atom. The van der Waals surface area contributed by atoms with Crippen molar-refractivity contribution in [2.24, 2.45) is 5.73 Å². The van der Waals surface area contributed by atoms with Gasteiger partial charge in [0, 0.05) is 0 Å². The Bertz CT molecular complexity index is 339. The van der Waals surface area contributed by atoms with Gasteiger partial charge in [-0.2, -0.15) is 16.7 Å². The second-order valence-corrected chi connectivity index (χ2v) is 5.38. The summed E-state index contributed by atoms with van der Waals surface area (Å²) in [5, 5.41) is 4.26. The maximum absolute atomic E-state index is 6.24. The van der Waals surface area contributed by atoms with Crippen LogP contribution < -0.4 is 5.73 Å². The molecule has 1 aliphatic rings. The molecule has 16 heavy (non-hydrogen) atoms. The van der Waals surface area contributed by atoms with E-state index < -0.39 is 0 Å². The number of hydrogen-bond acceptors (Lipinski definition) is 5. The molecule has 1 aromatic rings. The molecule has 2 N–H and O–H groups in total. The van der Waals surface area contributed by atoms with Gasteiger partial charge in [0.2, 0.25) is 5.89 Å². The highest BCUT2D eigenvalue weighted by Crippen LogP contribution is 2.35. The van der Waals surface area contributed by atoms with Crippen LogP contribution in [0, 0.1) is 0 Å². The molecule has 92 valence electrons. The van der Waals surface area contributed by atoms with E-state index in [1.54, 1.807) is 11.8 Å². The summed E-state index contributed by atoms with van der Waals surface area (Å²) in [6.45, 7) is 2.06. The van der Waals surface area contributed by atoms with Crippen molar-refractivity contribution in [2.45, 2.75) is 43.4 Å². The zero-order valence-electron chi connectivity index (χ0n) is 9.60. The molecule has 1 unspecified atom stereocenters. The molecule has 2 rings (SSSR count). The van der Waals surface area contributed by atoms with Crippen molar-refractivity contribution in [3.05, 3.63) is 11.7 Å². The van der Waals surface area contributed by atoms with E-state index in [0.29, 0.717) is 11.7 Å². The van der Waals surface area contributed by atoms with Gasteiger partial charge in [0.15, 0.2) is 5.82 Å². The number of thioether (sulfide) groups is 1. The fraction of sp³-hybridized carbons (Fsp3) is 0.800. The van der Waals surface area contributed by atoms with E-state index >= 15 is 0 Å². The number of rotatable bonds is 3. The van der Waals surface area contributed by atoms with Crippen LogP contribution in [0.5, 0.6) is 0 Å². The summed E-state index contributed by atoms with van der Waals surface area (Å²) in [4.78, 5) is 4.41. The van der Waals surface area contributed by atoms with Gasteiger partial charge in [0.25, 0.3) is 0 Å². The molecule has 0 saturated heterocycles. The Morgan fingerprint density at radius 1 is 1.44 bits per heavy atom. The van der Waals surface area contributed by atoms with E-state index in [4.69, 9.17) is 10.3 Å². The molecule has 1 fully saturated rings. The topological polar surface area (TPSA) is 64.9 Å². The summed E-state index contributed by atoms with van der Waals surface area (Å²) < 4.78 is 5.23.